The highest BCUT2D eigenvalue weighted by Gasteiger charge is 2.03. The van der Waals surface area contributed by atoms with Gasteiger partial charge in [-0.25, -0.2) is 0 Å². The second-order valence-corrected chi connectivity index (χ2v) is 4.28. The van der Waals surface area contributed by atoms with Gasteiger partial charge < -0.3 is 10.4 Å². The monoisotopic (exact) mass is 235 g/mol. The molecule has 0 atom stereocenters. The van der Waals surface area contributed by atoms with Gasteiger partial charge in [0.15, 0.2) is 0 Å². The van der Waals surface area contributed by atoms with Crippen LogP contribution in [0.2, 0.25) is 0 Å². The Morgan fingerprint density at radius 1 is 1.18 bits per heavy atom. The third-order valence-corrected chi connectivity index (χ3v) is 2.96. The number of nitrogens with one attached hydrogen (secondary N) is 1. The zero-order valence-electron chi connectivity index (χ0n) is 10.6. The lowest BCUT2D eigenvalue weighted by molar-refractivity contribution is -0.136. The highest BCUT2D eigenvalue weighted by molar-refractivity contribution is 5.70. The van der Waals surface area contributed by atoms with Gasteiger partial charge in [0.2, 0.25) is 0 Å². The summed E-state index contributed by atoms with van der Waals surface area (Å²) in [6.07, 6.45) is 2.36. The highest BCUT2D eigenvalue weighted by atomic mass is 16.4. The van der Waals surface area contributed by atoms with Crippen molar-refractivity contribution in [3.63, 3.8) is 0 Å². The van der Waals surface area contributed by atoms with Crippen molar-refractivity contribution in [2.45, 2.75) is 45.7 Å². The molecule has 2 N–H and O–H groups in total. The van der Waals surface area contributed by atoms with Crippen LogP contribution in [0.15, 0.2) is 24.3 Å². The molecule has 0 unspecified atom stereocenters. The third-order valence-electron chi connectivity index (χ3n) is 2.96. The van der Waals surface area contributed by atoms with Crippen LogP contribution in [0.1, 0.15) is 37.8 Å². The summed E-state index contributed by atoms with van der Waals surface area (Å²) in [5.41, 5.74) is 2.05. The van der Waals surface area contributed by atoms with Gasteiger partial charge in [0.05, 0.1) is 6.42 Å². The summed E-state index contributed by atoms with van der Waals surface area (Å²) >= 11 is 0. The first-order valence-electron chi connectivity index (χ1n) is 6.18. The van der Waals surface area contributed by atoms with Gasteiger partial charge in [-0.3, -0.25) is 4.79 Å². The Balaban J connectivity index is 2.47. The molecule has 94 valence electrons. The van der Waals surface area contributed by atoms with Crippen LogP contribution in [0.25, 0.3) is 0 Å². The van der Waals surface area contributed by atoms with Crippen LogP contribution in [0.4, 0.5) is 0 Å². The van der Waals surface area contributed by atoms with E-state index in [0.29, 0.717) is 6.04 Å². The van der Waals surface area contributed by atoms with Crippen molar-refractivity contribution in [3.8, 4) is 0 Å². The Hall–Kier alpha value is -1.35. The summed E-state index contributed by atoms with van der Waals surface area (Å²) < 4.78 is 0. The minimum absolute atomic E-state index is 0.0975. The molecular formula is C14H21NO2. The van der Waals surface area contributed by atoms with Crippen molar-refractivity contribution in [1.82, 2.24) is 5.32 Å². The lowest BCUT2D eigenvalue weighted by Gasteiger charge is -2.14. The maximum absolute atomic E-state index is 10.5. The van der Waals surface area contributed by atoms with E-state index in [0.717, 1.165) is 24.9 Å². The van der Waals surface area contributed by atoms with Crippen LogP contribution in [0.5, 0.6) is 0 Å². The Bertz CT molecular complexity index is 342. The predicted molar refractivity (Wildman–Crippen MR) is 69.0 cm³/mol. The summed E-state index contributed by atoms with van der Waals surface area (Å²) in [7, 11) is 0. The van der Waals surface area contributed by atoms with Gasteiger partial charge in [0.25, 0.3) is 0 Å². The SMILES string of the molecule is CCC(CC)NCc1ccc(CC(=O)O)cc1. The summed E-state index contributed by atoms with van der Waals surface area (Å²) in [6, 6.07) is 8.32. The average molecular weight is 235 g/mol. The smallest absolute Gasteiger partial charge is 0.307 e. The maximum Gasteiger partial charge on any atom is 0.307 e. The predicted octanol–water partition coefficient (Wildman–Crippen LogP) is 2.59. The molecule has 1 rings (SSSR count). The molecule has 0 saturated heterocycles. The molecule has 17 heavy (non-hydrogen) atoms. The van der Waals surface area contributed by atoms with Gasteiger partial charge in [0.1, 0.15) is 0 Å². The van der Waals surface area contributed by atoms with Crippen LogP contribution in [0.3, 0.4) is 0 Å². The molecule has 0 aliphatic heterocycles. The molecule has 0 radical (unpaired) electrons. The fraction of sp³-hybridized carbons (Fsp3) is 0.500. The lowest BCUT2D eigenvalue weighted by Crippen LogP contribution is -2.26. The van der Waals surface area contributed by atoms with Crippen LogP contribution < -0.4 is 5.32 Å². The van der Waals surface area contributed by atoms with Gasteiger partial charge in [-0.2, -0.15) is 0 Å². The molecule has 1 aromatic carbocycles. The number of aliphatic carboxylic acids is 1. The molecule has 0 aliphatic rings. The maximum atomic E-state index is 10.5. The van der Waals surface area contributed by atoms with Crippen LogP contribution >= 0.6 is 0 Å². The molecule has 0 bridgehead atoms. The van der Waals surface area contributed by atoms with E-state index in [2.05, 4.69) is 19.2 Å². The number of carboxylic acids is 1. The first-order chi connectivity index (χ1) is 8.15. The molecule has 0 aliphatic carbocycles. The summed E-state index contributed by atoms with van der Waals surface area (Å²) in [5.74, 6) is -0.784. The van der Waals surface area contributed by atoms with Crippen molar-refractivity contribution in [2.24, 2.45) is 0 Å². The normalized spacial score (nSPS) is 10.8. The number of carboxylic acid groups (broad SMARTS) is 1. The van der Waals surface area contributed by atoms with E-state index >= 15 is 0 Å². The van der Waals surface area contributed by atoms with Crippen molar-refractivity contribution in [1.29, 1.82) is 0 Å². The van der Waals surface area contributed by atoms with Gasteiger partial charge in [-0.05, 0) is 24.0 Å². The van der Waals surface area contributed by atoms with E-state index < -0.39 is 5.97 Å². The average Bonchev–Trinajstić information content (AvgIpc) is 2.32. The van der Waals surface area contributed by atoms with Crippen molar-refractivity contribution >= 4 is 5.97 Å². The molecule has 3 heteroatoms. The number of benzene rings is 1. The highest BCUT2D eigenvalue weighted by Crippen LogP contribution is 2.06. The zero-order chi connectivity index (χ0) is 12.7. The molecule has 3 nitrogen and oxygen atoms in total. The molecule has 0 aromatic heterocycles. The van der Waals surface area contributed by atoms with Crippen molar-refractivity contribution < 1.29 is 9.90 Å². The fourth-order valence-corrected chi connectivity index (χ4v) is 1.79. The Kier molecular flexibility index (Phi) is 5.70. The Morgan fingerprint density at radius 3 is 2.18 bits per heavy atom. The standard InChI is InChI=1S/C14H21NO2/c1-3-13(4-2)15-10-12-7-5-11(6-8-12)9-14(16)17/h5-8,13,15H,3-4,9-10H2,1-2H3,(H,16,17). The fourth-order valence-electron chi connectivity index (χ4n) is 1.79. The van der Waals surface area contributed by atoms with Crippen molar-refractivity contribution in [2.75, 3.05) is 0 Å². The van der Waals surface area contributed by atoms with Crippen LogP contribution in [-0.2, 0) is 17.8 Å². The van der Waals surface area contributed by atoms with Gasteiger partial charge in [-0.15, -0.1) is 0 Å². The number of carbonyl (C=O) groups is 1. The molecule has 0 heterocycles. The minimum Gasteiger partial charge on any atom is -0.481 e. The summed E-state index contributed by atoms with van der Waals surface area (Å²) in [5, 5.41) is 12.1. The van der Waals surface area contributed by atoms with Gasteiger partial charge in [0, 0.05) is 12.6 Å². The molecule has 0 spiro atoms. The van der Waals surface area contributed by atoms with E-state index in [4.69, 9.17) is 5.11 Å². The van der Waals surface area contributed by atoms with Crippen molar-refractivity contribution in [3.05, 3.63) is 35.4 Å². The van der Waals surface area contributed by atoms with Gasteiger partial charge >= 0.3 is 5.97 Å². The van der Waals surface area contributed by atoms with E-state index in [1.807, 2.05) is 24.3 Å². The van der Waals surface area contributed by atoms with E-state index in [1.165, 1.54) is 5.56 Å². The first-order valence-corrected chi connectivity index (χ1v) is 6.18. The second kappa shape index (κ2) is 7.07. The Labute approximate surface area is 103 Å². The number of hydrogen-bond acceptors (Lipinski definition) is 2. The third kappa shape index (κ3) is 5.00. The quantitative estimate of drug-likeness (QED) is 0.763. The summed E-state index contributed by atoms with van der Waals surface area (Å²) in [6.45, 7) is 5.20. The minimum atomic E-state index is -0.784. The van der Waals surface area contributed by atoms with E-state index in [1.54, 1.807) is 0 Å². The first kappa shape index (κ1) is 13.7. The second-order valence-electron chi connectivity index (χ2n) is 4.28. The number of rotatable bonds is 7. The van der Waals surface area contributed by atoms with Gasteiger partial charge in [-0.1, -0.05) is 38.1 Å². The molecular weight excluding hydrogens is 214 g/mol. The Morgan fingerprint density at radius 2 is 1.71 bits per heavy atom. The molecule has 0 fully saturated rings. The lowest BCUT2D eigenvalue weighted by atomic mass is 10.1. The molecule has 1 aromatic rings. The zero-order valence-corrected chi connectivity index (χ0v) is 10.6. The molecule has 0 saturated carbocycles. The van der Waals surface area contributed by atoms with Crippen LogP contribution in [0, 0.1) is 0 Å². The molecule has 0 amide bonds. The summed E-state index contributed by atoms with van der Waals surface area (Å²) in [4.78, 5) is 10.5. The van der Waals surface area contributed by atoms with E-state index in [9.17, 15) is 4.79 Å². The number of hydrogen-bond donors (Lipinski definition) is 2. The van der Waals surface area contributed by atoms with E-state index in [-0.39, 0.29) is 6.42 Å². The largest absolute Gasteiger partial charge is 0.481 e. The topological polar surface area (TPSA) is 49.3 Å². The van der Waals surface area contributed by atoms with Crippen LogP contribution in [-0.4, -0.2) is 17.1 Å².